The molecule has 31 heavy (non-hydrogen) atoms. The second kappa shape index (κ2) is 10.9. The molecule has 4 rings (SSSR count). The first-order valence-corrected chi connectivity index (χ1v) is 14.8. The molecule has 0 amide bonds. The van der Waals surface area contributed by atoms with Crippen LogP contribution in [0.15, 0.2) is 0 Å². The zero-order chi connectivity index (χ0) is 21.7. The molecule has 1 heteroatoms. The first-order valence-electron chi connectivity index (χ1n) is 14.8. The van der Waals surface area contributed by atoms with E-state index in [0.717, 1.165) is 29.6 Å². The Bertz CT molecular complexity index is 543. The molecule has 4 saturated carbocycles. The molecule has 0 radical (unpaired) electrons. The molecule has 0 aromatic rings. The van der Waals surface area contributed by atoms with Crippen LogP contribution >= 0.6 is 0 Å². The SMILES string of the molecule is CCCCCNCCCC[C@H]1CCC2C3CCC4CCCC[C@]4(C)C3CCC[C@]2(C)C1. The Kier molecular flexibility index (Phi) is 8.49. The van der Waals surface area contributed by atoms with E-state index in [1.165, 1.54) is 70.9 Å². The van der Waals surface area contributed by atoms with Gasteiger partial charge in [-0.1, -0.05) is 72.1 Å². The van der Waals surface area contributed by atoms with E-state index >= 15 is 0 Å². The lowest BCUT2D eigenvalue weighted by atomic mass is 9.48. The number of rotatable bonds is 9. The Morgan fingerprint density at radius 1 is 0.742 bits per heavy atom. The van der Waals surface area contributed by atoms with Crippen LogP contribution in [0.5, 0.6) is 0 Å². The van der Waals surface area contributed by atoms with Gasteiger partial charge < -0.3 is 5.32 Å². The van der Waals surface area contributed by atoms with Crippen LogP contribution in [0.1, 0.15) is 136 Å². The van der Waals surface area contributed by atoms with Crippen molar-refractivity contribution in [1.29, 1.82) is 0 Å². The molecule has 0 aromatic heterocycles. The van der Waals surface area contributed by atoms with E-state index in [-0.39, 0.29) is 0 Å². The molecule has 0 saturated heterocycles. The van der Waals surface area contributed by atoms with Crippen LogP contribution in [0, 0.1) is 40.4 Å². The minimum absolute atomic E-state index is 0.665. The topological polar surface area (TPSA) is 12.0 Å². The van der Waals surface area contributed by atoms with Gasteiger partial charge in [-0.15, -0.1) is 0 Å². The largest absolute Gasteiger partial charge is 0.317 e. The highest BCUT2D eigenvalue weighted by molar-refractivity contribution is 5.05. The highest BCUT2D eigenvalue weighted by atomic mass is 14.8. The number of fused-ring (bicyclic) bond motifs is 5. The average Bonchev–Trinajstić information content (AvgIpc) is 2.91. The van der Waals surface area contributed by atoms with Crippen LogP contribution in [-0.4, -0.2) is 13.1 Å². The van der Waals surface area contributed by atoms with Crippen molar-refractivity contribution in [2.75, 3.05) is 13.1 Å². The van der Waals surface area contributed by atoms with Crippen molar-refractivity contribution in [3.8, 4) is 0 Å². The second-order valence-corrected chi connectivity index (χ2v) is 13.0. The number of hydrogen-bond acceptors (Lipinski definition) is 1. The maximum absolute atomic E-state index is 3.68. The van der Waals surface area contributed by atoms with Gasteiger partial charge in [-0.25, -0.2) is 0 Å². The van der Waals surface area contributed by atoms with Crippen LogP contribution in [0.4, 0.5) is 0 Å². The van der Waals surface area contributed by atoms with Crippen molar-refractivity contribution >= 4 is 0 Å². The maximum Gasteiger partial charge on any atom is -0.00489 e. The predicted octanol–water partition coefficient (Wildman–Crippen LogP) is 8.77. The van der Waals surface area contributed by atoms with Gasteiger partial charge in [0, 0.05) is 0 Å². The number of unbranched alkanes of at least 4 members (excludes halogenated alkanes) is 3. The standard InChI is InChI=1S/C30H55N/c1-4-5-9-21-31-22-10-7-12-24-15-18-27-26-17-16-25-13-6-8-20-30(25,3)28(26)14-11-19-29(27,2)23-24/h24-28,31H,4-23H2,1-3H3/t24-,25?,26?,27?,28?,29+,30-/m0/s1. The third kappa shape index (κ3) is 5.38. The summed E-state index contributed by atoms with van der Waals surface area (Å²) in [6.07, 6.45) is 27.1. The lowest BCUT2D eigenvalue weighted by Crippen LogP contribution is -2.49. The molecule has 4 fully saturated rings. The van der Waals surface area contributed by atoms with E-state index in [0.29, 0.717) is 10.8 Å². The van der Waals surface area contributed by atoms with E-state index in [1.54, 1.807) is 57.8 Å². The third-order valence-electron chi connectivity index (χ3n) is 11.2. The first-order chi connectivity index (χ1) is 15.1. The van der Waals surface area contributed by atoms with Crippen molar-refractivity contribution < 1.29 is 0 Å². The highest BCUT2D eigenvalue weighted by Gasteiger charge is 2.55. The second-order valence-electron chi connectivity index (χ2n) is 13.0. The summed E-state index contributed by atoms with van der Waals surface area (Å²) in [7, 11) is 0. The van der Waals surface area contributed by atoms with E-state index < -0.39 is 0 Å². The molecule has 0 aromatic carbocycles. The third-order valence-corrected chi connectivity index (χ3v) is 11.2. The minimum atomic E-state index is 0.665. The van der Waals surface area contributed by atoms with Crippen LogP contribution in [0.2, 0.25) is 0 Å². The molecule has 7 atom stereocenters. The van der Waals surface area contributed by atoms with Crippen LogP contribution in [-0.2, 0) is 0 Å². The van der Waals surface area contributed by atoms with Crippen molar-refractivity contribution in [2.45, 2.75) is 136 Å². The normalized spacial score (nSPS) is 42.9. The maximum atomic E-state index is 3.68. The molecule has 0 heterocycles. The molecule has 0 spiro atoms. The smallest absolute Gasteiger partial charge is 0.00489 e. The number of hydrogen-bond donors (Lipinski definition) is 1. The van der Waals surface area contributed by atoms with Gasteiger partial charge in [-0.2, -0.15) is 0 Å². The summed E-state index contributed by atoms with van der Waals surface area (Å²) >= 11 is 0. The molecule has 4 aliphatic rings. The summed E-state index contributed by atoms with van der Waals surface area (Å²) in [5, 5.41) is 3.68. The molecule has 4 aliphatic carbocycles. The molecular weight excluding hydrogens is 374 g/mol. The van der Waals surface area contributed by atoms with Crippen molar-refractivity contribution in [3.63, 3.8) is 0 Å². The zero-order valence-electron chi connectivity index (χ0n) is 21.5. The molecular formula is C30H55N. The Morgan fingerprint density at radius 3 is 2.42 bits per heavy atom. The summed E-state index contributed by atoms with van der Waals surface area (Å²) < 4.78 is 0. The Hall–Kier alpha value is -0.0400. The van der Waals surface area contributed by atoms with E-state index in [1.807, 2.05) is 0 Å². The fraction of sp³-hybridized carbons (Fsp3) is 1.00. The van der Waals surface area contributed by atoms with Gasteiger partial charge in [0.15, 0.2) is 0 Å². The van der Waals surface area contributed by atoms with Crippen LogP contribution in [0.3, 0.4) is 0 Å². The van der Waals surface area contributed by atoms with Gasteiger partial charge in [0.05, 0.1) is 0 Å². The quantitative estimate of drug-likeness (QED) is 0.361. The monoisotopic (exact) mass is 429 g/mol. The van der Waals surface area contributed by atoms with E-state index in [4.69, 9.17) is 0 Å². The van der Waals surface area contributed by atoms with Gasteiger partial charge in [0.2, 0.25) is 0 Å². The fourth-order valence-electron chi connectivity index (χ4n) is 9.48. The van der Waals surface area contributed by atoms with Crippen LogP contribution < -0.4 is 5.32 Å². The highest BCUT2D eigenvalue weighted by Crippen LogP contribution is 2.64. The van der Waals surface area contributed by atoms with Gasteiger partial charge in [0.25, 0.3) is 0 Å². The first kappa shape index (κ1) is 24.1. The Labute approximate surface area is 195 Å². The summed E-state index contributed by atoms with van der Waals surface area (Å²) in [5.74, 6) is 5.28. The molecule has 0 aliphatic heterocycles. The number of nitrogens with one attached hydrogen (secondary N) is 1. The van der Waals surface area contributed by atoms with Gasteiger partial charge in [-0.05, 0) is 118 Å². The Balaban J connectivity index is 1.28. The summed E-state index contributed by atoms with van der Waals surface area (Å²) in [6, 6.07) is 0. The lowest BCUT2D eigenvalue weighted by molar-refractivity contribution is -0.0805. The molecule has 1 N–H and O–H groups in total. The van der Waals surface area contributed by atoms with Crippen molar-refractivity contribution in [2.24, 2.45) is 40.4 Å². The molecule has 4 unspecified atom stereocenters. The summed E-state index contributed by atoms with van der Waals surface area (Å²) in [4.78, 5) is 0. The Morgan fingerprint density at radius 2 is 1.58 bits per heavy atom. The molecule has 1 nitrogen and oxygen atoms in total. The predicted molar refractivity (Wildman–Crippen MR) is 135 cm³/mol. The van der Waals surface area contributed by atoms with E-state index in [9.17, 15) is 0 Å². The zero-order valence-corrected chi connectivity index (χ0v) is 21.5. The fourth-order valence-corrected chi connectivity index (χ4v) is 9.48. The average molecular weight is 430 g/mol. The molecule has 0 bridgehead atoms. The van der Waals surface area contributed by atoms with Crippen molar-refractivity contribution in [3.05, 3.63) is 0 Å². The van der Waals surface area contributed by atoms with Crippen molar-refractivity contribution in [1.82, 2.24) is 5.32 Å². The van der Waals surface area contributed by atoms with Gasteiger partial charge >= 0.3 is 0 Å². The molecule has 180 valence electrons. The lowest BCUT2D eigenvalue weighted by Gasteiger charge is -2.57. The minimum Gasteiger partial charge on any atom is -0.317 e. The van der Waals surface area contributed by atoms with Gasteiger partial charge in [0.1, 0.15) is 0 Å². The summed E-state index contributed by atoms with van der Waals surface area (Å²) in [5.41, 5.74) is 1.37. The van der Waals surface area contributed by atoms with Crippen LogP contribution in [0.25, 0.3) is 0 Å². The summed E-state index contributed by atoms with van der Waals surface area (Å²) in [6.45, 7) is 10.3. The van der Waals surface area contributed by atoms with Gasteiger partial charge in [-0.3, -0.25) is 0 Å². The van der Waals surface area contributed by atoms with E-state index in [2.05, 4.69) is 26.1 Å².